The molecule has 1 amide bonds. The Labute approximate surface area is 196 Å². The SMILES string of the molecule is C#CCn1c(=NC(=O)c2cc(-c3cccs3)nc3ccccc23)sc2cc3c(cc21)OCO3. The Morgan fingerprint density at radius 3 is 2.82 bits per heavy atom. The van der Waals surface area contributed by atoms with Gasteiger partial charge in [-0.3, -0.25) is 4.79 Å². The van der Waals surface area contributed by atoms with E-state index in [2.05, 4.69) is 10.9 Å². The van der Waals surface area contributed by atoms with E-state index in [1.165, 1.54) is 11.3 Å². The molecular formula is C25H15N3O3S2. The zero-order chi connectivity index (χ0) is 22.4. The smallest absolute Gasteiger partial charge is 0.280 e. The minimum Gasteiger partial charge on any atom is -0.454 e. The average Bonchev–Trinajstić information content (AvgIpc) is 3.58. The van der Waals surface area contributed by atoms with Gasteiger partial charge in [0.05, 0.1) is 38.4 Å². The number of thiazole rings is 1. The molecule has 5 aromatic rings. The Hall–Kier alpha value is -3.93. The first-order valence-electron chi connectivity index (χ1n) is 10.1. The van der Waals surface area contributed by atoms with Crippen LogP contribution < -0.4 is 14.3 Å². The number of thiophene rings is 1. The molecule has 0 saturated carbocycles. The van der Waals surface area contributed by atoms with Crippen LogP contribution in [0.3, 0.4) is 0 Å². The molecule has 33 heavy (non-hydrogen) atoms. The molecule has 0 N–H and O–H groups in total. The Balaban J connectivity index is 1.54. The maximum absolute atomic E-state index is 13.5. The van der Waals surface area contributed by atoms with Gasteiger partial charge in [0, 0.05) is 17.5 Å². The van der Waals surface area contributed by atoms with E-state index in [1.807, 2.05) is 64.5 Å². The number of rotatable bonds is 3. The minimum atomic E-state index is -0.344. The third-order valence-electron chi connectivity index (χ3n) is 5.34. The van der Waals surface area contributed by atoms with E-state index in [1.54, 1.807) is 11.3 Å². The fourth-order valence-electron chi connectivity index (χ4n) is 3.84. The number of fused-ring (bicyclic) bond motifs is 3. The predicted octanol–water partition coefficient (Wildman–Crippen LogP) is 5.08. The summed E-state index contributed by atoms with van der Waals surface area (Å²) in [4.78, 5) is 24.2. The summed E-state index contributed by atoms with van der Waals surface area (Å²) >= 11 is 2.97. The normalized spacial score (nSPS) is 13.0. The molecule has 4 heterocycles. The lowest BCUT2D eigenvalue weighted by atomic mass is 10.1. The fraction of sp³-hybridized carbons (Fsp3) is 0.0800. The van der Waals surface area contributed by atoms with Crippen LogP contribution >= 0.6 is 22.7 Å². The van der Waals surface area contributed by atoms with Gasteiger partial charge in [-0.2, -0.15) is 4.99 Å². The molecule has 6 rings (SSSR count). The summed E-state index contributed by atoms with van der Waals surface area (Å²) in [5.74, 6) is 3.65. The second-order valence-electron chi connectivity index (χ2n) is 7.31. The van der Waals surface area contributed by atoms with Crippen molar-refractivity contribution in [2.75, 3.05) is 6.79 Å². The summed E-state index contributed by atoms with van der Waals surface area (Å²) in [7, 11) is 0. The largest absolute Gasteiger partial charge is 0.454 e. The van der Waals surface area contributed by atoms with Gasteiger partial charge in [0.15, 0.2) is 16.3 Å². The van der Waals surface area contributed by atoms with E-state index in [0.717, 1.165) is 31.7 Å². The molecule has 0 saturated heterocycles. The highest BCUT2D eigenvalue weighted by Crippen LogP contribution is 2.37. The number of hydrogen-bond donors (Lipinski definition) is 0. The first kappa shape index (κ1) is 19.7. The van der Waals surface area contributed by atoms with E-state index < -0.39 is 0 Å². The van der Waals surface area contributed by atoms with Crippen molar-refractivity contribution in [3.05, 3.63) is 70.3 Å². The zero-order valence-electron chi connectivity index (χ0n) is 17.1. The van der Waals surface area contributed by atoms with Crippen LogP contribution in [0.5, 0.6) is 11.5 Å². The second-order valence-corrected chi connectivity index (χ2v) is 9.27. The van der Waals surface area contributed by atoms with Crippen LogP contribution in [-0.2, 0) is 6.54 Å². The molecule has 3 aromatic heterocycles. The highest BCUT2D eigenvalue weighted by atomic mass is 32.1. The van der Waals surface area contributed by atoms with Crippen LogP contribution in [0.1, 0.15) is 10.4 Å². The number of nitrogens with zero attached hydrogens (tertiary/aromatic N) is 3. The first-order valence-corrected chi connectivity index (χ1v) is 11.8. The number of amides is 1. The Kier molecular flexibility index (Phi) is 4.72. The van der Waals surface area contributed by atoms with Gasteiger partial charge in [-0.15, -0.1) is 17.8 Å². The summed E-state index contributed by atoms with van der Waals surface area (Å²) < 4.78 is 13.8. The third kappa shape index (κ3) is 3.39. The summed E-state index contributed by atoms with van der Waals surface area (Å²) in [6.45, 7) is 0.475. The van der Waals surface area contributed by atoms with Crippen molar-refractivity contribution in [2.24, 2.45) is 4.99 Å². The van der Waals surface area contributed by atoms with Gasteiger partial charge in [-0.1, -0.05) is 41.5 Å². The molecule has 0 unspecified atom stereocenters. The topological polar surface area (TPSA) is 65.7 Å². The van der Waals surface area contributed by atoms with E-state index >= 15 is 0 Å². The Morgan fingerprint density at radius 1 is 1.15 bits per heavy atom. The number of terminal acetylenes is 1. The molecule has 0 fully saturated rings. The minimum absolute atomic E-state index is 0.194. The number of benzene rings is 2. The molecule has 0 radical (unpaired) electrons. The van der Waals surface area contributed by atoms with E-state index in [-0.39, 0.29) is 19.2 Å². The van der Waals surface area contributed by atoms with Crippen LogP contribution in [0.2, 0.25) is 0 Å². The molecule has 0 spiro atoms. The van der Waals surface area contributed by atoms with Crippen molar-refractivity contribution < 1.29 is 14.3 Å². The van der Waals surface area contributed by atoms with E-state index in [4.69, 9.17) is 20.9 Å². The fourth-order valence-corrected chi connectivity index (χ4v) is 5.56. The molecular weight excluding hydrogens is 454 g/mol. The highest BCUT2D eigenvalue weighted by molar-refractivity contribution is 7.16. The molecule has 8 heteroatoms. The van der Waals surface area contributed by atoms with Gasteiger partial charge in [0.2, 0.25) is 6.79 Å². The van der Waals surface area contributed by atoms with Gasteiger partial charge in [-0.25, -0.2) is 4.98 Å². The van der Waals surface area contributed by atoms with E-state index in [9.17, 15) is 4.79 Å². The molecule has 0 bridgehead atoms. The van der Waals surface area contributed by atoms with Crippen LogP contribution in [-0.4, -0.2) is 22.3 Å². The summed E-state index contributed by atoms with van der Waals surface area (Å²) in [6.07, 6.45) is 5.63. The van der Waals surface area contributed by atoms with Crippen LogP contribution in [0.4, 0.5) is 0 Å². The van der Waals surface area contributed by atoms with Gasteiger partial charge in [0.25, 0.3) is 5.91 Å². The standard InChI is InChI=1S/C25H15N3O3S2/c1-2-9-28-19-12-20-21(31-14-30-20)13-23(19)33-25(28)27-24(29)16-11-18(22-8-5-10-32-22)26-17-7-4-3-6-15(16)17/h1,3-8,10-13H,9,14H2. The maximum atomic E-state index is 13.5. The van der Waals surface area contributed by atoms with Crippen LogP contribution in [0, 0.1) is 12.3 Å². The first-order chi connectivity index (χ1) is 16.2. The lowest BCUT2D eigenvalue weighted by Crippen LogP contribution is -2.16. The summed E-state index contributed by atoms with van der Waals surface area (Å²) in [5.41, 5.74) is 2.86. The third-order valence-corrected chi connectivity index (χ3v) is 7.28. The van der Waals surface area contributed by atoms with Gasteiger partial charge < -0.3 is 14.0 Å². The lowest BCUT2D eigenvalue weighted by molar-refractivity contribution is 0.0999. The number of pyridine rings is 1. The van der Waals surface area contributed by atoms with Crippen molar-refractivity contribution >= 4 is 49.7 Å². The maximum Gasteiger partial charge on any atom is 0.280 e. The summed E-state index contributed by atoms with van der Waals surface area (Å²) in [5, 5.41) is 2.75. The number of carbonyl (C=O) groups excluding carboxylic acids is 1. The van der Waals surface area contributed by atoms with Crippen molar-refractivity contribution in [1.82, 2.24) is 9.55 Å². The Bertz CT molecular complexity index is 1660. The van der Waals surface area contributed by atoms with E-state index in [0.29, 0.717) is 21.9 Å². The van der Waals surface area contributed by atoms with Gasteiger partial charge >= 0.3 is 0 Å². The number of ether oxygens (including phenoxy) is 2. The zero-order valence-corrected chi connectivity index (χ0v) is 18.8. The predicted molar refractivity (Wildman–Crippen MR) is 130 cm³/mol. The number of hydrogen-bond acceptors (Lipinski definition) is 6. The molecule has 1 aliphatic heterocycles. The monoisotopic (exact) mass is 469 g/mol. The molecule has 2 aromatic carbocycles. The summed E-state index contributed by atoms with van der Waals surface area (Å²) in [6, 6.07) is 17.2. The quantitative estimate of drug-likeness (QED) is 0.346. The van der Waals surface area contributed by atoms with Crippen molar-refractivity contribution in [1.29, 1.82) is 0 Å². The van der Waals surface area contributed by atoms with Crippen molar-refractivity contribution in [3.8, 4) is 34.4 Å². The van der Waals surface area contributed by atoms with Crippen LogP contribution in [0.15, 0.2) is 65.0 Å². The molecule has 0 aliphatic carbocycles. The Morgan fingerprint density at radius 2 is 2.00 bits per heavy atom. The molecule has 1 aliphatic rings. The van der Waals surface area contributed by atoms with Crippen molar-refractivity contribution in [2.45, 2.75) is 6.54 Å². The highest BCUT2D eigenvalue weighted by Gasteiger charge is 2.19. The molecule has 6 nitrogen and oxygen atoms in total. The second kappa shape index (κ2) is 7.89. The number of carbonyl (C=O) groups is 1. The lowest BCUT2D eigenvalue weighted by Gasteiger charge is -2.06. The van der Waals surface area contributed by atoms with Gasteiger partial charge in [0.1, 0.15) is 0 Å². The van der Waals surface area contributed by atoms with Gasteiger partial charge in [-0.05, 0) is 23.6 Å². The molecule has 160 valence electrons. The average molecular weight is 470 g/mol. The number of aromatic nitrogens is 2. The molecule has 0 atom stereocenters. The number of para-hydroxylation sites is 1. The van der Waals surface area contributed by atoms with Crippen molar-refractivity contribution in [3.63, 3.8) is 0 Å². The van der Waals surface area contributed by atoms with Crippen LogP contribution in [0.25, 0.3) is 31.7 Å².